The van der Waals surface area contributed by atoms with Crippen molar-refractivity contribution in [2.75, 3.05) is 39.4 Å². The number of aromatic nitrogens is 1. The number of H-pyrrole nitrogens is 1. The molecule has 0 bridgehead atoms. The summed E-state index contributed by atoms with van der Waals surface area (Å²) in [5.41, 5.74) is 2.06. The van der Waals surface area contributed by atoms with Gasteiger partial charge in [0.25, 0.3) is 0 Å². The molecule has 1 aromatic heterocycles. The number of benzene rings is 1. The van der Waals surface area contributed by atoms with Crippen molar-refractivity contribution in [1.29, 1.82) is 0 Å². The third kappa shape index (κ3) is 6.14. The highest BCUT2D eigenvalue weighted by Crippen LogP contribution is 2.47. The SMILES string of the molecule is C=CCNS(=O)(=O)C=CC1(CCN2CC[C@@H]3Cc4[nH]c5ccc(C(F)(F)F)cc5c4[C@H](C)[C@H]3C2)CCOCC1. The lowest BCUT2D eigenvalue weighted by atomic mass is 9.68. The molecule has 214 valence electrons. The van der Waals surface area contributed by atoms with E-state index in [9.17, 15) is 21.6 Å². The number of aromatic amines is 1. The first-order chi connectivity index (χ1) is 18.5. The average molecular weight is 566 g/mol. The highest BCUT2D eigenvalue weighted by Gasteiger charge is 2.41. The molecule has 0 amide bonds. The van der Waals surface area contributed by atoms with E-state index in [4.69, 9.17) is 4.74 Å². The molecular formula is C29H38F3N3O3S. The Kier molecular flexibility index (Phi) is 8.03. The summed E-state index contributed by atoms with van der Waals surface area (Å²) >= 11 is 0. The second-order valence-corrected chi connectivity index (χ2v) is 13.1. The third-order valence-electron chi connectivity index (χ3n) is 9.15. The highest BCUT2D eigenvalue weighted by molar-refractivity contribution is 7.92. The van der Waals surface area contributed by atoms with Gasteiger partial charge in [-0.05, 0) is 92.1 Å². The summed E-state index contributed by atoms with van der Waals surface area (Å²) in [5.74, 6) is 1.01. The Hall–Kier alpha value is -2.14. The first-order valence-electron chi connectivity index (χ1n) is 13.8. The molecule has 2 saturated heterocycles. The van der Waals surface area contributed by atoms with E-state index in [2.05, 4.69) is 28.1 Å². The van der Waals surface area contributed by atoms with Crippen molar-refractivity contribution in [3.8, 4) is 0 Å². The van der Waals surface area contributed by atoms with Gasteiger partial charge in [-0.2, -0.15) is 13.2 Å². The van der Waals surface area contributed by atoms with Crippen molar-refractivity contribution in [2.45, 2.75) is 51.1 Å². The van der Waals surface area contributed by atoms with Crippen LogP contribution >= 0.6 is 0 Å². The van der Waals surface area contributed by atoms with E-state index in [1.54, 1.807) is 6.07 Å². The molecule has 0 radical (unpaired) electrons. The number of piperidine rings is 1. The van der Waals surface area contributed by atoms with E-state index < -0.39 is 21.8 Å². The number of rotatable bonds is 8. The minimum Gasteiger partial charge on any atom is -0.381 e. The Morgan fingerprint density at radius 1 is 1.28 bits per heavy atom. The largest absolute Gasteiger partial charge is 0.416 e. The fraction of sp³-hybridized carbons (Fsp3) is 0.586. The van der Waals surface area contributed by atoms with Crippen molar-refractivity contribution < 1.29 is 26.3 Å². The van der Waals surface area contributed by atoms with Gasteiger partial charge in [-0.1, -0.05) is 19.1 Å². The minimum absolute atomic E-state index is 0.150. The summed E-state index contributed by atoms with van der Waals surface area (Å²) in [6.45, 7) is 9.84. The van der Waals surface area contributed by atoms with Crippen LogP contribution in [-0.2, 0) is 27.4 Å². The number of nitrogens with zero attached hydrogens (tertiary/aromatic N) is 1. The van der Waals surface area contributed by atoms with Gasteiger partial charge in [0.05, 0.1) is 5.56 Å². The molecule has 6 nitrogen and oxygen atoms in total. The zero-order valence-corrected chi connectivity index (χ0v) is 23.2. The highest BCUT2D eigenvalue weighted by atomic mass is 32.2. The van der Waals surface area contributed by atoms with Crippen molar-refractivity contribution in [1.82, 2.24) is 14.6 Å². The summed E-state index contributed by atoms with van der Waals surface area (Å²) in [6, 6.07) is 4.03. The van der Waals surface area contributed by atoms with Crippen LogP contribution in [0.4, 0.5) is 13.2 Å². The number of allylic oxidation sites excluding steroid dienone is 1. The van der Waals surface area contributed by atoms with Crippen molar-refractivity contribution in [3.05, 3.63) is 59.2 Å². The summed E-state index contributed by atoms with van der Waals surface area (Å²) in [4.78, 5) is 5.89. The molecule has 2 N–H and O–H groups in total. The molecular weight excluding hydrogens is 527 g/mol. The molecule has 0 saturated carbocycles. The Labute approximate surface area is 228 Å². The van der Waals surface area contributed by atoms with Gasteiger partial charge >= 0.3 is 6.18 Å². The Balaban J connectivity index is 1.30. The van der Waals surface area contributed by atoms with Crippen LogP contribution in [0.15, 0.2) is 42.3 Å². The fourth-order valence-corrected chi connectivity index (χ4v) is 7.76. The first kappa shape index (κ1) is 28.4. The van der Waals surface area contributed by atoms with Gasteiger partial charge in [-0.25, -0.2) is 13.1 Å². The van der Waals surface area contributed by atoms with Crippen LogP contribution < -0.4 is 4.72 Å². The second-order valence-electron chi connectivity index (χ2n) is 11.5. The van der Waals surface area contributed by atoms with Crippen LogP contribution in [-0.4, -0.2) is 57.7 Å². The lowest BCUT2D eigenvalue weighted by Crippen LogP contribution is -2.46. The summed E-state index contributed by atoms with van der Waals surface area (Å²) in [6.07, 6.45) is 3.30. The number of fused-ring (bicyclic) bond motifs is 4. The topological polar surface area (TPSA) is 74.4 Å². The molecule has 2 aromatic rings. The zero-order valence-electron chi connectivity index (χ0n) is 22.4. The lowest BCUT2D eigenvalue weighted by molar-refractivity contribution is -0.137. The van der Waals surface area contributed by atoms with E-state index in [1.165, 1.54) is 17.6 Å². The maximum atomic E-state index is 13.4. The van der Waals surface area contributed by atoms with Crippen LogP contribution in [0.2, 0.25) is 0 Å². The maximum Gasteiger partial charge on any atom is 0.416 e. The van der Waals surface area contributed by atoms with E-state index >= 15 is 0 Å². The van der Waals surface area contributed by atoms with Gasteiger partial charge in [0.1, 0.15) is 0 Å². The maximum absolute atomic E-state index is 13.4. The van der Waals surface area contributed by atoms with Gasteiger partial charge in [0.2, 0.25) is 10.0 Å². The zero-order chi connectivity index (χ0) is 27.8. The predicted octanol–water partition coefficient (Wildman–Crippen LogP) is 5.59. The van der Waals surface area contributed by atoms with E-state index in [0.29, 0.717) is 30.4 Å². The molecule has 3 heterocycles. The number of nitrogens with one attached hydrogen (secondary N) is 2. The molecule has 1 aliphatic carbocycles. The third-order valence-corrected chi connectivity index (χ3v) is 10.2. The standard InChI is InChI=1S/C29H38F3N3O3S/c1-3-11-33-39(36,37)16-10-28(8-14-38-15-9-28)7-13-35-12-6-21-17-26-27(20(2)24(21)19-35)23-18-22(29(30,31)32)4-5-25(23)34-26/h3-5,10,16,18,20-21,24,33-34H,1,6-9,11-15,17,19H2,2H3/t20-,21-,24-/m1/s1. The predicted molar refractivity (Wildman–Crippen MR) is 147 cm³/mol. The van der Waals surface area contributed by atoms with Gasteiger partial charge in [0.15, 0.2) is 0 Å². The van der Waals surface area contributed by atoms with Crippen molar-refractivity contribution in [3.63, 3.8) is 0 Å². The Morgan fingerprint density at radius 2 is 2.05 bits per heavy atom. The first-order valence-corrected chi connectivity index (χ1v) is 15.4. The molecule has 5 rings (SSSR count). The fourth-order valence-electron chi connectivity index (χ4n) is 6.84. The number of alkyl halides is 3. The van der Waals surface area contributed by atoms with Crippen LogP contribution in [0.25, 0.3) is 10.9 Å². The monoisotopic (exact) mass is 565 g/mol. The quantitative estimate of drug-likeness (QED) is 0.410. The van der Waals surface area contributed by atoms with Gasteiger partial charge in [0, 0.05) is 48.3 Å². The van der Waals surface area contributed by atoms with Gasteiger partial charge in [-0.3, -0.25) is 0 Å². The lowest BCUT2D eigenvalue weighted by Gasteiger charge is -2.45. The summed E-state index contributed by atoms with van der Waals surface area (Å²) < 4.78 is 73.2. The van der Waals surface area contributed by atoms with Crippen LogP contribution in [0.3, 0.4) is 0 Å². The number of sulfonamides is 1. The average Bonchev–Trinajstić information content (AvgIpc) is 3.28. The van der Waals surface area contributed by atoms with Crippen molar-refractivity contribution >= 4 is 20.9 Å². The smallest absolute Gasteiger partial charge is 0.381 e. The normalized spacial score (nSPS) is 26.0. The number of likely N-dealkylation sites (tertiary alicyclic amines) is 1. The molecule has 0 unspecified atom stereocenters. The van der Waals surface area contributed by atoms with Crippen LogP contribution in [0.5, 0.6) is 0 Å². The van der Waals surface area contributed by atoms with E-state index in [1.807, 2.05) is 6.08 Å². The second kappa shape index (κ2) is 11.0. The number of hydrogen-bond donors (Lipinski definition) is 2. The molecule has 3 aliphatic rings. The molecule has 10 heteroatoms. The molecule has 39 heavy (non-hydrogen) atoms. The number of halogens is 3. The number of hydrogen-bond acceptors (Lipinski definition) is 4. The van der Waals surface area contributed by atoms with E-state index in [0.717, 1.165) is 74.6 Å². The van der Waals surface area contributed by atoms with Gasteiger partial charge < -0.3 is 14.6 Å². The number of ether oxygens (including phenoxy) is 1. The van der Waals surface area contributed by atoms with Crippen LogP contribution in [0.1, 0.15) is 55.3 Å². The Morgan fingerprint density at radius 3 is 2.77 bits per heavy atom. The Bertz CT molecular complexity index is 1330. The van der Waals surface area contributed by atoms with E-state index in [-0.39, 0.29) is 17.9 Å². The molecule has 2 aliphatic heterocycles. The molecule has 2 fully saturated rings. The summed E-state index contributed by atoms with van der Waals surface area (Å²) in [7, 11) is -3.53. The minimum atomic E-state index is -4.37. The van der Waals surface area contributed by atoms with Crippen LogP contribution in [0, 0.1) is 17.3 Å². The molecule has 0 spiro atoms. The summed E-state index contributed by atoms with van der Waals surface area (Å²) in [5, 5.41) is 1.99. The van der Waals surface area contributed by atoms with Crippen molar-refractivity contribution in [2.24, 2.45) is 17.3 Å². The molecule has 3 atom stereocenters. The van der Waals surface area contributed by atoms with Gasteiger partial charge in [-0.15, -0.1) is 6.58 Å². The molecule has 1 aromatic carbocycles.